The first-order valence-electron chi connectivity index (χ1n) is 6.98. The molecule has 0 aliphatic heterocycles. The molecule has 24 heavy (non-hydrogen) atoms. The molecule has 7 nitrogen and oxygen atoms in total. The molecule has 0 unspecified atom stereocenters. The van der Waals surface area contributed by atoms with Gasteiger partial charge in [-0.25, -0.2) is 9.18 Å². The lowest BCUT2D eigenvalue weighted by molar-refractivity contribution is -0.122. The predicted octanol–water partition coefficient (Wildman–Crippen LogP) is 1.19. The van der Waals surface area contributed by atoms with E-state index in [0.29, 0.717) is 11.1 Å². The van der Waals surface area contributed by atoms with Gasteiger partial charge < -0.3 is 4.42 Å². The van der Waals surface area contributed by atoms with Gasteiger partial charge in [0.2, 0.25) is 0 Å². The molecule has 0 saturated heterocycles. The smallest absolute Gasteiger partial charge is 0.408 e. The Morgan fingerprint density at radius 3 is 2.67 bits per heavy atom. The standard InChI is InChI=1S/C16H12FN3O4/c17-11-5-3-4-10(8-11)15(22)19-18-14(21)9-20-12-6-1-2-7-13(12)24-16(20)23/h1-8H,9H2,(H,18,21)(H,19,22). The molecular weight excluding hydrogens is 317 g/mol. The summed E-state index contributed by atoms with van der Waals surface area (Å²) in [6.07, 6.45) is 0. The van der Waals surface area contributed by atoms with Crippen molar-refractivity contribution < 1.29 is 18.4 Å². The first-order valence-corrected chi connectivity index (χ1v) is 6.98. The van der Waals surface area contributed by atoms with Gasteiger partial charge >= 0.3 is 5.76 Å². The van der Waals surface area contributed by atoms with E-state index in [2.05, 4.69) is 10.9 Å². The SMILES string of the molecule is O=C(Cn1c(=O)oc2ccccc21)NNC(=O)c1cccc(F)c1. The molecule has 2 amide bonds. The number of hydrazine groups is 1. The summed E-state index contributed by atoms with van der Waals surface area (Å²) in [5, 5.41) is 0. The highest BCUT2D eigenvalue weighted by molar-refractivity contribution is 5.95. The van der Waals surface area contributed by atoms with Crippen LogP contribution in [0.25, 0.3) is 11.1 Å². The van der Waals surface area contributed by atoms with E-state index in [0.717, 1.165) is 10.6 Å². The second-order valence-electron chi connectivity index (χ2n) is 4.93. The van der Waals surface area contributed by atoms with Crippen LogP contribution in [0.3, 0.4) is 0 Å². The zero-order chi connectivity index (χ0) is 17.1. The average Bonchev–Trinajstić information content (AvgIpc) is 2.88. The quantitative estimate of drug-likeness (QED) is 0.706. The Hall–Kier alpha value is -3.42. The van der Waals surface area contributed by atoms with E-state index in [1.54, 1.807) is 24.3 Å². The zero-order valence-corrected chi connectivity index (χ0v) is 12.3. The number of halogens is 1. The molecule has 0 aliphatic carbocycles. The third-order valence-electron chi connectivity index (χ3n) is 3.28. The van der Waals surface area contributed by atoms with E-state index < -0.39 is 23.4 Å². The molecule has 2 N–H and O–H groups in total. The Balaban J connectivity index is 1.66. The van der Waals surface area contributed by atoms with E-state index in [9.17, 15) is 18.8 Å². The Labute approximate surface area is 134 Å². The summed E-state index contributed by atoms with van der Waals surface area (Å²) in [6, 6.07) is 11.7. The molecule has 0 radical (unpaired) electrons. The van der Waals surface area contributed by atoms with Crippen LogP contribution >= 0.6 is 0 Å². The van der Waals surface area contributed by atoms with Gasteiger partial charge in [0.25, 0.3) is 11.8 Å². The largest absolute Gasteiger partial charge is 0.420 e. The first kappa shape index (κ1) is 15.5. The maximum atomic E-state index is 13.1. The van der Waals surface area contributed by atoms with Crippen LogP contribution in [0.2, 0.25) is 0 Å². The fourth-order valence-electron chi connectivity index (χ4n) is 2.18. The fourth-order valence-corrected chi connectivity index (χ4v) is 2.18. The number of nitrogens with one attached hydrogen (secondary N) is 2. The maximum Gasteiger partial charge on any atom is 0.420 e. The zero-order valence-electron chi connectivity index (χ0n) is 12.3. The number of amides is 2. The molecule has 122 valence electrons. The molecule has 0 spiro atoms. The Bertz CT molecular complexity index is 977. The topological polar surface area (TPSA) is 93.3 Å². The van der Waals surface area contributed by atoms with E-state index in [4.69, 9.17) is 4.42 Å². The van der Waals surface area contributed by atoms with Crippen molar-refractivity contribution in [1.82, 2.24) is 15.4 Å². The van der Waals surface area contributed by atoms with E-state index in [-0.39, 0.29) is 12.1 Å². The molecule has 0 aliphatic rings. The number of hydrogen-bond acceptors (Lipinski definition) is 4. The number of benzene rings is 2. The highest BCUT2D eigenvalue weighted by atomic mass is 19.1. The van der Waals surface area contributed by atoms with Crippen LogP contribution < -0.4 is 16.6 Å². The minimum absolute atomic E-state index is 0.0567. The Kier molecular flexibility index (Phi) is 4.11. The van der Waals surface area contributed by atoms with Crippen LogP contribution in [-0.2, 0) is 11.3 Å². The summed E-state index contributed by atoms with van der Waals surface area (Å²) in [5.74, 6) is -2.55. The number of nitrogens with zero attached hydrogens (tertiary/aromatic N) is 1. The lowest BCUT2D eigenvalue weighted by Gasteiger charge is -2.07. The predicted molar refractivity (Wildman–Crippen MR) is 82.5 cm³/mol. The van der Waals surface area contributed by atoms with Crippen LogP contribution in [0.15, 0.2) is 57.7 Å². The highest BCUT2D eigenvalue weighted by Crippen LogP contribution is 2.11. The second-order valence-corrected chi connectivity index (χ2v) is 4.93. The Morgan fingerprint density at radius 2 is 1.88 bits per heavy atom. The third kappa shape index (κ3) is 3.17. The van der Waals surface area contributed by atoms with Gasteiger partial charge in [-0.2, -0.15) is 0 Å². The molecular formula is C16H12FN3O4. The van der Waals surface area contributed by atoms with Crippen molar-refractivity contribution in [3.63, 3.8) is 0 Å². The van der Waals surface area contributed by atoms with Gasteiger partial charge in [-0.05, 0) is 30.3 Å². The van der Waals surface area contributed by atoms with Crippen molar-refractivity contribution >= 4 is 22.9 Å². The van der Waals surface area contributed by atoms with Gasteiger partial charge in [0.15, 0.2) is 5.58 Å². The average molecular weight is 329 g/mol. The number of rotatable bonds is 3. The second kappa shape index (κ2) is 6.37. The van der Waals surface area contributed by atoms with Crippen molar-refractivity contribution in [3.8, 4) is 0 Å². The summed E-state index contributed by atoms with van der Waals surface area (Å²) in [5.41, 5.74) is 5.21. The Morgan fingerprint density at radius 1 is 1.08 bits per heavy atom. The number of para-hydroxylation sites is 2. The summed E-state index contributed by atoms with van der Waals surface area (Å²) >= 11 is 0. The monoisotopic (exact) mass is 329 g/mol. The number of oxazole rings is 1. The highest BCUT2D eigenvalue weighted by Gasteiger charge is 2.13. The van der Waals surface area contributed by atoms with Gasteiger partial charge in [-0.3, -0.25) is 25.0 Å². The number of fused-ring (bicyclic) bond motifs is 1. The molecule has 3 rings (SSSR count). The number of carbonyl (C=O) groups is 2. The lowest BCUT2D eigenvalue weighted by Crippen LogP contribution is -2.43. The van der Waals surface area contributed by atoms with Crippen LogP contribution in [0, 0.1) is 5.82 Å². The van der Waals surface area contributed by atoms with E-state index in [1.807, 2.05) is 0 Å². The molecule has 0 bridgehead atoms. The van der Waals surface area contributed by atoms with Crippen molar-refractivity contribution in [2.75, 3.05) is 0 Å². The van der Waals surface area contributed by atoms with Gasteiger partial charge in [-0.1, -0.05) is 18.2 Å². The van der Waals surface area contributed by atoms with Crippen LogP contribution in [0.4, 0.5) is 4.39 Å². The molecule has 3 aromatic rings. The molecule has 2 aromatic carbocycles. The molecule has 0 atom stereocenters. The first-order chi connectivity index (χ1) is 11.5. The summed E-state index contributed by atoms with van der Waals surface area (Å²) in [4.78, 5) is 35.5. The molecule has 1 aromatic heterocycles. The normalized spacial score (nSPS) is 10.5. The van der Waals surface area contributed by atoms with Gasteiger partial charge in [0.1, 0.15) is 12.4 Å². The number of carbonyl (C=O) groups excluding carboxylic acids is 2. The molecule has 8 heteroatoms. The van der Waals surface area contributed by atoms with Crippen molar-refractivity contribution in [2.24, 2.45) is 0 Å². The summed E-state index contributed by atoms with van der Waals surface area (Å²) in [6.45, 7) is -0.334. The van der Waals surface area contributed by atoms with Crippen molar-refractivity contribution in [1.29, 1.82) is 0 Å². The van der Waals surface area contributed by atoms with E-state index >= 15 is 0 Å². The minimum Gasteiger partial charge on any atom is -0.408 e. The lowest BCUT2D eigenvalue weighted by atomic mass is 10.2. The molecule has 0 fully saturated rings. The van der Waals surface area contributed by atoms with Crippen molar-refractivity contribution in [2.45, 2.75) is 6.54 Å². The summed E-state index contributed by atoms with van der Waals surface area (Å²) in [7, 11) is 0. The fraction of sp³-hybridized carbons (Fsp3) is 0.0625. The van der Waals surface area contributed by atoms with Gasteiger partial charge in [0.05, 0.1) is 5.52 Å². The molecule has 1 heterocycles. The molecule has 0 saturated carbocycles. The van der Waals surface area contributed by atoms with Gasteiger partial charge in [-0.15, -0.1) is 0 Å². The van der Waals surface area contributed by atoms with Crippen LogP contribution in [-0.4, -0.2) is 16.4 Å². The number of hydrogen-bond donors (Lipinski definition) is 2. The van der Waals surface area contributed by atoms with Gasteiger partial charge in [0, 0.05) is 5.56 Å². The third-order valence-corrected chi connectivity index (χ3v) is 3.28. The summed E-state index contributed by atoms with van der Waals surface area (Å²) < 4.78 is 19.2. The van der Waals surface area contributed by atoms with Crippen LogP contribution in [0.5, 0.6) is 0 Å². The van der Waals surface area contributed by atoms with Crippen molar-refractivity contribution in [3.05, 3.63) is 70.5 Å². The van der Waals surface area contributed by atoms with Crippen LogP contribution in [0.1, 0.15) is 10.4 Å². The number of aromatic nitrogens is 1. The maximum absolute atomic E-state index is 13.1. The minimum atomic E-state index is -0.678. The van der Waals surface area contributed by atoms with E-state index in [1.165, 1.54) is 18.2 Å².